The van der Waals surface area contributed by atoms with Crippen LogP contribution in [0.1, 0.15) is 167 Å². The molecule has 18 rings (SSSR count). The lowest BCUT2D eigenvalue weighted by atomic mass is 9.48. The zero-order valence-corrected chi connectivity index (χ0v) is 51.0. The van der Waals surface area contributed by atoms with E-state index in [-0.39, 0.29) is 108 Å². The van der Waals surface area contributed by atoms with E-state index >= 15 is 9.59 Å². The second-order valence-corrected chi connectivity index (χ2v) is 27.3. The van der Waals surface area contributed by atoms with E-state index in [1.165, 1.54) is 46.1 Å². The van der Waals surface area contributed by atoms with Crippen LogP contribution < -0.4 is 10.4 Å². The van der Waals surface area contributed by atoms with Crippen molar-refractivity contribution in [3.05, 3.63) is 240 Å². The highest BCUT2D eigenvalue weighted by atomic mass is 16.6. The summed E-state index contributed by atoms with van der Waals surface area (Å²) in [7, 11) is 1.52. The van der Waals surface area contributed by atoms with Gasteiger partial charge in [0.1, 0.15) is 11.3 Å². The van der Waals surface area contributed by atoms with Gasteiger partial charge in [0.25, 0.3) is 0 Å². The minimum absolute atomic E-state index is 0.00614. The van der Waals surface area contributed by atoms with Gasteiger partial charge in [0.15, 0.2) is 17.8 Å². The van der Waals surface area contributed by atoms with Gasteiger partial charge in [-0.1, -0.05) is 158 Å². The maximum atomic E-state index is 16.2. The molecule has 9 aliphatic carbocycles. The molecule has 458 valence electrons. The first-order valence-electron chi connectivity index (χ1n) is 32.8. The Balaban J connectivity index is 0.887. The van der Waals surface area contributed by atoms with Gasteiger partial charge in [-0.25, -0.2) is 9.59 Å². The molecule has 5 aromatic carbocycles. The fraction of sp³-hybridized carbons (Fsp3) is 0.380. The van der Waals surface area contributed by atoms with E-state index in [0.717, 1.165) is 41.5 Å². The highest BCUT2D eigenvalue weighted by Crippen LogP contribution is 2.64. The van der Waals surface area contributed by atoms with Crippen LogP contribution in [0.3, 0.4) is 0 Å². The first kappa shape index (κ1) is 57.2. The summed E-state index contributed by atoms with van der Waals surface area (Å²) in [5.74, 6) is -1.56. The Bertz CT molecular complexity index is 4240. The molecule has 2 spiro atoms. The third-order valence-electron chi connectivity index (χ3n) is 23.0. The number of esters is 2. The van der Waals surface area contributed by atoms with Crippen molar-refractivity contribution in [2.45, 2.75) is 125 Å². The first-order valence-corrected chi connectivity index (χ1v) is 32.8. The van der Waals surface area contributed by atoms with Crippen LogP contribution in [-0.4, -0.2) is 65.9 Å². The number of rotatable bonds is 7. The molecule has 14 atom stereocenters. The third-order valence-corrected chi connectivity index (χ3v) is 23.0. The monoisotopic (exact) mass is 1200 g/mol. The van der Waals surface area contributed by atoms with E-state index < -0.39 is 54.5 Å². The standard InChI is InChI=1S/C79H76O11/c1-44(41-81)55-27-19-45-20-28-57-48(36-45)21-22-50-38-54-13-7-12-53-26-23-47-11-4-6-17-65(47)79(53,54)66-18-8-15-59(70(50)66)49-25-29-58(57)52(37-49)39-69(83)87-74-72-68(32-31-62-64(42-82)71(77(85)88-73(62)72)51(33-35-80)43-86-2)90-78(75(74)89-76(55)84)34-9-16-61-60-30-24-46-10-3-5-14-56(46)63(60)40-67(61)78/h3-6,8-11,14-18,20-26,28-32,36,38,49,51-54,58,60-61,63,67,74-75,80-82H,7,12-13,19,27,33-35,37,39-43H2,1-2H3. The van der Waals surface area contributed by atoms with Gasteiger partial charge < -0.3 is 38.7 Å². The first-order chi connectivity index (χ1) is 44.0. The maximum absolute atomic E-state index is 16.2. The number of hydrogen-bond acceptors (Lipinski definition) is 11. The molecular weight excluding hydrogens is 1120 g/mol. The van der Waals surface area contributed by atoms with Crippen LogP contribution in [0.4, 0.5) is 0 Å². The molecule has 90 heavy (non-hydrogen) atoms. The average Bonchev–Trinajstić information content (AvgIpc) is 0.955. The van der Waals surface area contributed by atoms with E-state index in [9.17, 15) is 20.1 Å². The Labute approximate surface area is 524 Å². The van der Waals surface area contributed by atoms with Gasteiger partial charge in [0, 0.05) is 72.2 Å². The minimum Gasteiger partial charge on any atom is -0.482 e. The molecule has 0 saturated heterocycles. The van der Waals surface area contributed by atoms with E-state index in [0.29, 0.717) is 53.9 Å². The third kappa shape index (κ3) is 8.76. The number of fused-ring (bicyclic) bond motifs is 17. The molecule has 0 amide bonds. The molecule has 3 N–H and O–H groups in total. The predicted octanol–water partition coefficient (Wildman–Crippen LogP) is 14.0. The largest absolute Gasteiger partial charge is 0.482 e. The lowest BCUT2D eigenvalue weighted by molar-refractivity contribution is -0.205. The molecule has 4 heterocycles. The summed E-state index contributed by atoms with van der Waals surface area (Å²) >= 11 is 0. The lowest BCUT2D eigenvalue weighted by Gasteiger charge is -2.54. The number of allylic oxidation sites excluding steroid dienone is 8. The molecule has 12 aliphatic rings. The number of aliphatic hydroxyl groups is 3. The summed E-state index contributed by atoms with van der Waals surface area (Å²) < 4.78 is 34.2. The molecule has 1 aromatic heterocycles. The van der Waals surface area contributed by atoms with Crippen LogP contribution in [0.2, 0.25) is 0 Å². The Morgan fingerprint density at radius 2 is 1.58 bits per heavy atom. The normalized spacial score (nSPS) is 31.3. The van der Waals surface area contributed by atoms with Gasteiger partial charge >= 0.3 is 17.6 Å². The van der Waals surface area contributed by atoms with E-state index in [2.05, 4.69) is 152 Å². The van der Waals surface area contributed by atoms with Crippen molar-refractivity contribution in [1.29, 1.82) is 0 Å². The number of ether oxygens (including phenoxy) is 4. The fourth-order valence-corrected chi connectivity index (χ4v) is 19.2. The summed E-state index contributed by atoms with van der Waals surface area (Å²) in [5, 5.41) is 33.1. The number of methoxy groups -OCH3 is 1. The van der Waals surface area contributed by atoms with Gasteiger partial charge in [-0.15, -0.1) is 0 Å². The van der Waals surface area contributed by atoms with E-state index in [4.69, 9.17) is 23.4 Å². The highest BCUT2D eigenvalue weighted by molar-refractivity contribution is 5.91. The van der Waals surface area contributed by atoms with Crippen LogP contribution in [-0.2, 0) is 42.2 Å². The second kappa shape index (κ2) is 22.5. The molecule has 0 radical (unpaired) electrons. The molecule has 2 fully saturated rings. The summed E-state index contributed by atoms with van der Waals surface area (Å²) in [6.45, 7) is 0.652. The molecule has 11 heteroatoms. The second-order valence-electron chi connectivity index (χ2n) is 27.3. The predicted molar refractivity (Wildman–Crippen MR) is 346 cm³/mol. The van der Waals surface area contributed by atoms with Crippen LogP contribution in [0, 0.1) is 35.5 Å². The van der Waals surface area contributed by atoms with Crippen molar-refractivity contribution in [1.82, 2.24) is 0 Å². The van der Waals surface area contributed by atoms with Gasteiger partial charge in [-0.2, -0.15) is 0 Å². The number of aliphatic hydroxyl groups excluding tert-OH is 3. The SMILES string of the molecule is COCC(CCO)c1c(CO)c2ccc3c(c2oc1=O)C1OC(=O)CC2CC4C=CC2c2ccc(cc2C=CC2=CC5CCCC6C=Cc7ccccc7C65c5cccc4c52)CCC(=C(C)CO)C(=O)OC1C1(CC=CC2C4C=Cc5ccccc5C4CC21)O3. The number of carbonyl (C=O) groups is 2. The molecule has 14 unspecified atom stereocenters. The highest BCUT2D eigenvalue weighted by Gasteiger charge is 2.65. The Morgan fingerprint density at radius 1 is 0.756 bits per heavy atom. The average molecular weight is 1200 g/mol. The quantitative estimate of drug-likeness (QED) is 0.0604. The topological polar surface area (TPSA) is 162 Å². The Morgan fingerprint density at radius 3 is 2.43 bits per heavy atom. The van der Waals surface area contributed by atoms with E-state index in [1.807, 2.05) is 6.07 Å². The number of carbonyl (C=O) groups excluding carboxylic acids is 2. The van der Waals surface area contributed by atoms with Crippen molar-refractivity contribution >= 4 is 46.7 Å². The van der Waals surface area contributed by atoms with Crippen LogP contribution >= 0.6 is 0 Å². The number of aryl methyl sites for hydroxylation is 1. The molecule has 6 bridgehead atoms. The number of benzene rings is 5. The molecular formula is C79H76O11. The van der Waals surface area contributed by atoms with Crippen molar-refractivity contribution < 1.29 is 48.3 Å². The van der Waals surface area contributed by atoms with Crippen LogP contribution in [0.15, 0.2) is 166 Å². The van der Waals surface area contributed by atoms with Gasteiger partial charge in [0.05, 0.1) is 25.4 Å². The molecule has 6 aromatic rings. The summed E-state index contributed by atoms with van der Waals surface area (Å²) in [6.07, 6.45) is 28.8. The van der Waals surface area contributed by atoms with Crippen molar-refractivity contribution in [2.24, 2.45) is 35.5 Å². The van der Waals surface area contributed by atoms with Gasteiger partial charge in [-0.05, 0) is 172 Å². The molecule has 11 nitrogen and oxygen atoms in total. The van der Waals surface area contributed by atoms with Crippen molar-refractivity contribution in [3.63, 3.8) is 0 Å². The zero-order valence-electron chi connectivity index (χ0n) is 51.0. The Hall–Kier alpha value is -7.93. The minimum atomic E-state index is -1.40. The molecule has 3 aliphatic heterocycles. The van der Waals surface area contributed by atoms with E-state index in [1.54, 1.807) is 13.0 Å². The summed E-state index contributed by atoms with van der Waals surface area (Å²) in [4.78, 5) is 46.8. The smallest absolute Gasteiger partial charge is 0.340 e. The fourth-order valence-electron chi connectivity index (χ4n) is 19.2. The van der Waals surface area contributed by atoms with Crippen LogP contribution in [0.25, 0.3) is 34.8 Å². The maximum Gasteiger partial charge on any atom is 0.340 e. The van der Waals surface area contributed by atoms with Crippen molar-refractivity contribution in [3.8, 4) is 5.75 Å². The zero-order chi connectivity index (χ0) is 61.2. The summed E-state index contributed by atoms with van der Waals surface area (Å²) in [5.41, 5.74) is 12.5. The molecule has 2 saturated carbocycles. The lowest BCUT2D eigenvalue weighted by Crippen LogP contribution is -2.61. The van der Waals surface area contributed by atoms with Crippen LogP contribution in [0.5, 0.6) is 5.75 Å². The summed E-state index contributed by atoms with van der Waals surface area (Å²) in [6, 6.07) is 34.7. The Kier molecular flexibility index (Phi) is 14.3. The van der Waals surface area contributed by atoms with Gasteiger partial charge in [0.2, 0.25) is 0 Å². The van der Waals surface area contributed by atoms with Gasteiger partial charge in [-0.3, -0.25) is 4.79 Å². The van der Waals surface area contributed by atoms with Crippen molar-refractivity contribution in [2.75, 3.05) is 26.9 Å². The number of hydrogen-bond donors (Lipinski definition) is 3.